The Hall–Kier alpha value is -5.88. The number of carboxylic acids is 2. The van der Waals surface area contributed by atoms with Gasteiger partial charge in [0.1, 0.15) is 12.4 Å². The molecule has 0 rings (SSSR count). The molecule has 0 saturated heterocycles. The highest BCUT2D eigenvalue weighted by Crippen LogP contribution is 2.23. The normalized spacial score (nSPS) is 13.7. The summed E-state index contributed by atoms with van der Waals surface area (Å²) in [6.07, 6.45) is 20.1. The molecule has 0 unspecified atom stereocenters. The summed E-state index contributed by atoms with van der Waals surface area (Å²) in [5.41, 5.74) is 5.65. The van der Waals surface area contributed by atoms with E-state index in [9.17, 15) is 67.7 Å². The minimum absolute atomic E-state index is 0.00122. The van der Waals surface area contributed by atoms with Crippen molar-refractivity contribution in [1.82, 2.24) is 21.3 Å². The maximum Gasteiger partial charge on any atom is 0.303 e. The Morgan fingerprint density at radius 3 is 1.60 bits per heavy atom. The van der Waals surface area contributed by atoms with E-state index in [0.717, 1.165) is 25.7 Å². The third-order valence-corrected chi connectivity index (χ3v) is 15.2. The van der Waals surface area contributed by atoms with Gasteiger partial charge in [-0.05, 0) is 50.9 Å². The van der Waals surface area contributed by atoms with Gasteiger partial charge in [0.05, 0.1) is 37.9 Å². The van der Waals surface area contributed by atoms with Gasteiger partial charge in [-0.15, -0.1) is 12.3 Å². The van der Waals surface area contributed by atoms with E-state index in [1.807, 2.05) is 13.8 Å². The Morgan fingerprint density at radius 2 is 1.05 bits per heavy atom. The molecule has 0 heterocycles. The number of primary amides is 1. The molecule has 0 aliphatic heterocycles. The van der Waals surface area contributed by atoms with Gasteiger partial charge in [0.2, 0.25) is 29.5 Å². The lowest BCUT2D eigenvalue weighted by Crippen LogP contribution is -2.49. The summed E-state index contributed by atoms with van der Waals surface area (Å²) in [7, 11) is 0. The number of rotatable bonds is 56. The van der Waals surface area contributed by atoms with E-state index in [1.54, 1.807) is 13.8 Å². The topological polar surface area (TPSA) is 338 Å². The van der Waals surface area contributed by atoms with Crippen LogP contribution in [0.3, 0.4) is 0 Å². The van der Waals surface area contributed by atoms with Crippen molar-refractivity contribution in [1.29, 1.82) is 0 Å². The largest absolute Gasteiger partial charge is 0.481 e. The van der Waals surface area contributed by atoms with Gasteiger partial charge in [0.15, 0.2) is 23.1 Å². The van der Waals surface area contributed by atoms with Crippen LogP contribution in [0.25, 0.3) is 0 Å². The van der Waals surface area contributed by atoms with Crippen molar-refractivity contribution in [3.8, 4) is 12.3 Å². The molecular weight excluding hydrogens is 1090 g/mol. The summed E-state index contributed by atoms with van der Waals surface area (Å²) >= 11 is 0. The summed E-state index contributed by atoms with van der Waals surface area (Å²) in [4.78, 5) is 155. The molecule has 5 amide bonds. The second-order valence-corrected chi connectivity index (χ2v) is 23.5. The van der Waals surface area contributed by atoms with E-state index in [4.69, 9.17) is 21.6 Å². The number of amides is 5. The molecular formula is C64H107N5O16. The zero-order valence-corrected chi connectivity index (χ0v) is 52.5. The van der Waals surface area contributed by atoms with Crippen molar-refractivity contribution in [3.05, 3.63) is 0 Å². The molecule has 21 heteroatoms. The first-order valence-electron chi connectivity index (χ1n) is 31.5. The first-order chi connectivity index (χ1) is 40.3. The van der Waals surface area contributed by atoms with E-state index >= 15 is 0 Å². The van der Waals surface area contributed by atoms with Crippen LogP contribution in [-0.4, -0.2) is 132 Å². The molecule has 0 aromatic carbocycles. The van der Waals surface area contributed by atoms with Crippen molar-refractivity contribution < 1.29 is 77.2 Å². The smallest absolute Gasteiger partial charge is 0.303 e. The fraction of sp³-hybridized carbons (Fsp3) is 0.781. The Balaban J connectivity index is 5.40. The molecule has 0 aliphatic carbocycles. The fourth-order valence-corrected chi connectivity index (χ4v) is 9.70. The predicted octanol–water partition coefficient (Wildman–Crippen LogP) is 7.87. The summed E-state index contributed by atoms with van der Waals surface area (Å²) in [6.45, 7) is 13.1. The number of nitrogens with one attached hydrogen (secondary N) is 4. The standard InChI is InChI=1S/C64H107N5O16/c1-9-11-13-14-15-16-17-18-19-20-21-22-25-28-50(70)42-52(44(3)4)64(83)69-60(45(5)6)56(74)39-46(7)62(81)67-47(8)54(72)41-49(31-33-58(76)77)63(82)68-53(32-34-59(78)79)55(73)40-48(61(65)80)27-24-23-26-29-51(71)43-85-38-37-84-36-35-66-57(75)30-12-10-2/h2,44-49,52-53,60H,9,11-43H2,1,3-8H3,(H2,65,80)(H,66,75)(H,67,81)(H,68,82)(H,69,83)(H,76,77)(H,78,79)/t46-,47+,48-,49-,52+,53+,60+/m1/s1. The summed E-state index contributed by atoms with van der Waals surface area (Å²) in [5.74, 6) is -9.69. The lowest BCUT2D eigenvalue weighted by molar-refractivity contribution is -0.140. The Kier molecular flexibility index (Phi) is 44.9. The average Bonchev–Trinajstić information content (AvgIpc) is 3.64. The number of unbranched alkanes of at least 4 members (excludes halogenated alkanes) is 14. The van der Waals surface area contributed by atoms with Gasteiger partial charge in [-0.25, -0.2) is 0 Å². The molecule has 21 nitrogen and oxygen atoms in total. The molecule has 0 aliphatic rings. The van der Waals surface area contributed by atoms with Gasteiger partial charge < -0.3 is 46.7 Å². The summed E-state index contributed by atoms with van der Waals surface area (Å²) in [6, 6.07) is -3.64. The average molecular weight is 1200 g/mol. The molecule has 8 N–H and O–H groups in total. The molecule has 0 fully saturated rings. The van der Waals surface area contributed by atoms with Gasteiger partial charge in [-0.2, -0.15) is 0 Å². The van der Waals surface area contributed by atoms with Gasteiger partial charge in [-0.1, -0.05) is 131 Å². The lowest BCUT2D eigenvalue weighted by atomic mass is 9.87. The maximum absolute atomic E-state index is 13.8. The van der Waals surface area contributed by atoms with Crippen LogP contribution in [0.1, 0.15) is 235 Å². The Labute approximate surface area is 506 Å². The second kappa shape index (κ2) is 48.3. The quantitative estimate of drug-likeness (QED) is 0.0225. The monoisotopic (exact) mass is 1200 g/mol. The highest BCUT2D eigenvalue weighted by Gasteiger charge is 2.34. The SMILES string of the molecule is C#CCCC(=O)NCCOCCOCC(=O)CCCCC[C@H](CC(=O)[C@H](CCC(=O)O)NC(=O)[C@H](CCC(=O)O)CC(=O)[C@H](C)NC(=O)[C@H](C)CC(=O)[C@@H](NC(=O)[C@@H](CC(=O)CCCCCCCCCCCCCCC)C(C)C)C(C)C)C(N)=O. The van der Waals surface area contributed by atoms with Crippen molar-refractivity contribution in [2.24, 2.45) is 41.2 Å². The number of carbonyl (C=O) groups excluding carboxylic acids is 10. The van der Waals surface area contributed by atoms with Crippen LogP contribution in [0, 0.1) is 47.9 Å². The first-order valence-corrected chi connectivity index (χ1v) is 31.5. The van der Waals surface area contributed by atoms with Gasteiger partial charge >= 0.3 is 11.9 Å². The van der Waals surface area contributed by atoms with Crippen LogP contribution in [-0.2, 0) is 67.0 Å². The van der Waals surface area contributed by atoms with E-state index in [1.165, 1.54) is 71.6 Å². The minimum atomic E-state index is -1.45. The molecule has 0 bridgehead atoms. The molecule has 0 radical (unpaired) electrons. The fourth-order valence-electron chi connectivity index (χ4n) is 9.70. The van der Waals surface area contributed by atoms with E-state index in [0.29, 0.717) is 38.6 Å². The molecule has 0 saturated carbocycles. The number of carbonyl (C=O) groups is 12. The van der Waals surface area contributed by atoms with Crippen LogP contribution in [0.5, 0.6) is 0 Å². The second-order valence-electron chi connectivity index (χ2n) is 23.5. The van der Waals surface area contributed by atoms with Crippen LogP contribution in [0.4, 0.5) is 0 Å². The van der Waals surface area contributed by atoms with Crippen molar-refractivity contribution in [3.63, 3.8) is 0 Å². The zero-order valence-electron chi connectivity index (χ0n) is 52.5. The summed E-state index contributed by atoms with van der Waals surface area (Å²) < 4.78 is 10.7. The number of hydrogen-bond donors (Lipinski definition) is 7. The predicted molar refractivity (Wildman–Crippen MR) is 323 cm³/mol. The van der Waals surface area contributed by atoms with Crippen LogP contribution < -0.4 is 27.0 Å². The lowest BCUT2D eigenvalue weighted by Gasteiger charge is -2.27. The van der Waals surface area contributed by atoms with Crippen molar-refractivity contribution in [2.75, 3.05) is 33.0 Å². The Morgan fingerprint density at radius 1 is 0.506 bits per heavy atom. The van der Waals surface area contributed by atoms with Crippen molar-refractivity contribution in [2.45, 2.75) is 253 Å². The molecule has 0 aromatic rings. The van der Waals surface area contributed by atoms with Crippen LogP contribution >= 0.6 is 0 Å². The number of terminal acetylenes is 1. The number of hydrogen-bond acceptors (Lipinski definition) is 14. The van der Waals surface area contributed by atoms with Crippen molar-refractivity contribution >= 4 is 70.4 Å². The highest BCUT2D eigenvalue weighted by atomic mass is 16.5. The maximum atomic E-state index is 13.8. The molecule has 0 spiro atoms. The number of nitrogens with two attached hydrogens (primary N) is 1. The summed E-state index contributed by atoms with van der Waals surface area (Å²) in [5, 5.41) is 29.5. The molecule has 7 atom stereocenters. The van der Waals surface area contributed by atoms with E-state index < -0.39 is 127 Å². The number of ether oxygens (including phenoxy) is 2. The first kappa shape index (κ1) is 79.1. The van der Waals surface area contributed by atoms with E-state index in [2.05, 4.69) is 34.1 Å². The number of aliphatic carboxylic acids is 2. The minimum Gasteiger partial charge on any atom is -0.481 e. The number of ketones is 5. The van der Waals surface area contributed by atoms with Gasteiger partial charge in [0.25, 0.3) is 0 Å². The molecule has 0 aromatic heterocycles. The van der Waals surface area contributed by atoms with Crippen LogP contribution in [0.15, 0.2) is 0 Å². The number of carboxylic acid groups (broad SMARTS) is 2. The third kappa shape index (κ3) is 40.2. The Bertz CT molecular complexity index is 2110. The zero-order chi connectivity index (χ0) is 64.1. The highest BCUT2D eigenvalue weighted by molar-refractivity contribution is 5.97. The third-order valence-electron chi connectivity index (χ3n) is 15.2. The number of Topliss-reactive ketones (excluding diaryl/α,β-unsaturated/α-hetero) is 5. The molecule has 484 valence electrons. The van der Waals surface area contributed by atoms with Crippen LogP contribution in [0.2, 0.25) is 0 Å². The van der Waals surface area contributed by atoms with E-state index in [-0.39, 0.29) is 94.3 Å². The van der Waals surface area contributed by atoms with Gasteiger partial charge in [0, 0.05) is 94.4 Å². The van der Waals surface area contributed by atoms with Gasteiger partial charge in [-0.3, -0.25) is 57.5 Å². The molecule has 85 heavy (non-hydrogen) atoms.